The van der Waals surface area contributed by atoms with Crippen LogP contribution in [-0.4, -0.2) is 39.3 Å². The summed E-state index contributed by atoms with van der Waals surface area (Å²) in [7, 11) is -0.554. The predicted molar refractivity (Wildman–Crippen MR) is 84.7 cm³/mol. The van der Waals surface area contributed by atoms with E-state index in [9.17, 15) is 13.2 Å². The van der Waals surface area contributed by atoms with Gasteiger partial charge < -0.3 is 11.1 Å². The zero-order chi connectivity index (χ0) is 15.2. The molecule has 0 aliphatic heterocycles. The average molecular weight is 336 g/mol. The van der Waals surface area contributed by atoms with Crippen molar-refractivity contribution in [3.63, 3.8) is 0 Å². The van der Waals surface area contributed by atoms with Crippen molar-refractivity contribution in [2.24, 2.45) is 5.73 Å². The monoisotopic (exact) mass is 335 g/mol. The Kier molecular flexibility index (Phi) is 8.50. The molecule has 0 spiro atoms. The molecule has 1 amide bonds. The van der Waals surface area contributed by atoms with Crippen molar-refractivity contribution in [3.05, 3.63) is 29.8 Å². The lowest BCUT2D eigenvalue weighted by atomic mass is 10.2. The lowest BCUT2D eigenvalue weighted by Crippen LogP contribution is -2.27. The fraction of sp³-hybridized carbons (Fsp3) is 0.462. The first-order valence-electron chi connectivity index (χ1n) is 6.36. The Hall–Kier alpha value is -1.15. The molecule has 1 rings (SSSR count). The molecule has 0 bridgehead atoms. The zero-order valence-electron chi connectivity index (χ0n) is 12.2. The van der Waals surface area contributed by atoms with E-state index in [4.69, 9.17) is 5.73 Å². The van der Waals surface area contributed by atoms with E-state index in [1.54, 1.807) is 18.2 Å². The Labute approximate surface area is 132 Å². The standard InChI is InChI=1S/C13H21N3O3S.ClH/c1-16(2)20(18,19)12-7-4-3-6-11(12)10-15-13(17)8-5-9-14;/h3-4,6-7H,5,8-10,14H2,1-2H3,(H,15,17);1H. The van der Waals surface area contributed by atoms with Crippen LogP contribution in [0.15, 0.2) is 29.2 Å². The molecule has 1 aromatic carbocycles. The summed E-state index contributed by atoms with van der Waals surface area (Å²) in [6, 6.07) is 6.64. The number of carbonyl (C=O) groups is 1. The Morgan fingerprint density at radius 3 is 2.48 bits per heavy atom. The second kappa shape index (κ2) is 8.99. The van der Waals surface area contributed by atoms with Crippen LogP contribution in [0.1, 0.15) is 18.4 Å². The molecule has 0 radical (unpaired) electrons. The summed E-state index contributed by atoms with van der Waals surface area (Å²) in [4.78, 5) is 11.8. The summed E-state index contributed by atoms with van der Waals surface area (Å²) < 4.78 is 25.5. The van der Waals surface area contributed by atoms with Crippen LogP contribution >= 0.6 is 12.4 Å². The van der Waals surface area contributed by atoms with Crippen LogP contribution in [0.4, 0.5) is 0 Å². The summed E-state index contributed by atoms with van der Waals surface area (Å²) in [5.74, 6) is -0.132. The molecule has 1 aromatic rings. The highest BCUT2D eigenvalue weighted by Gasteiger charge is 2.20. The van der Waals surface area contributed by atoms with Crippen molar-refractivity contribution < 1.29 is 13.2 Å². The molecule has 0 aromatic heterocycles. The van der Waals surface area contributed by atoms with Gasteiger partial charge in [0, 0.05) is 27.1 Å². The first-order valence-corrected chi connectivity index (χ1v) is 7.80. The van der Waals surface area contributed by atoms with E-state index in [1.807, 2.05) is 0 Å². The van der Waals surface area contributed by atoms with E-state index >= 15 is 0 Å². The van der Waals surface area contributed by atoms with Gasteiger partial charge in [0.25, 0.3) is 0 Å². The average Bonchev–Trinajstić information content (AvgIpc) is 2.42. The second-order valence-electron chi connectivity index (χ2n) is 4.56. The predicted octanol–water partition coefficient (Wildman–Crippen LogP) is 0.714. The van der Waals surface area contributed by atoms with E-state index < -0.39 is 10.0 Å². The lowest BCUT2D eigenvalue weighted by Gasteiger charge is -2.15. The van der Waals surface area contributed by atoms with Gasteiger partial charge in [0.15, 0.2) is 0 Å². The van der Waals surface area contributed by atoms with E-state index in [0.29, 0.717) is 24.9 Å². The Balaban J connectivity index is 0.00000400. The third-order valence-electron chi connectivity index (χ3n) is 2.82. The molecular formula is C13H22ClN3O3S. The molecule has 6 nitrogen and oxygen atoms in total. The van der Waals surface area contributed by atoms with Gasteiger partial charge >= 0.3 is 0 Å². The van der Waals surface area contributed by atoms with E-state index in [1.165, 1.54) is 20.2 Å². The highest BCUT2D eigenvalue weighted by Crippen LogP contribution is 2.18. The van der Waals surface area contributed by atoms with Crippen LogP contribution in [0.25, 0.3) is 0 Å². The van der Waals surface area contributed by atoms with Crippen molar-refractivity contribution in [1.29, 1.82) is 0 Å². The highest BCUT2D eigenvalue weighted by atomic mass is 35.5. The zero-order valence-corrected chi connectivity index (χ0v) is 13.8. The maximum atomic E-state index is 12.2. The van der Waals surface area contributed by atoms with Gasteiger partial charge in [0.2, 0.25) is 15.9 Å². The molecule has 0 aliphatic rings. The fourth-order valence-corrected chi connectivity index (χ4v) is 2.76. The minimum atomic E-state index is -3.51. The Bertz CT molecular complexity index is 562. The SMILES string of the molecule is CN(C)S(=O)(=O)c1ccccc1CNC(=O)CCCN.Cl. The van der Waals surface area contributed by atoms with Crippen LogP contribution in [0, 0.1) is 0 Å². The van der Waals surface area contributed by atoms with Gasteiger partial charge in [-0.2, -0.15) is 0 Å². The normalized spacial score (nSPS) is 11.0. The first kappa shape index (κ1) is 19.9. The summed E-state index contributed by atoms with van der Waals surface area (Å²) >= 11 is 0. The highest BCUT2D eigenvalue weighted by molar-refractivity contribution is 7.89. The molecule has 0 heterocycles. The number of nitrogens with one attached hydrogen (secondary N) is 1. The van der Waals surface area contributed by atoms with Crippen LogP contribution in [0.2, 0.25) is 0 Å². The maximum absolute atomic E-state index is 12.2. The number of benzene rings is 1. The summed E-state index contributed by atoms with van der Waals surface area (Å²) in [5, 5.41) is 2.71. The van der Waals surface area contributed by atoms with Crippen LogP contribution in [0.3, 0.4) is 0 Å². The maximum Gasteiger partial charge on any atom is 0.242 e. The summed E-state index contributed by atoms with van der Waals surface area (Å²) in [6.07, 6.45) is 0.961. The number of carbonyl (C=O) groups excluding carboxylic acids is 1. The van der Waals surface area contributed by atoms with Gasteiger partial charge in [-0.15, -0.1) is 12.4 Å². The molecule has 0 fully saturated rings. The molecule has 0 unspecified atom stereocenters. The number of nitrogens with zero attached hydrogens (tertiary/aromatic N) is 1. The van der Waals surface area contributed by atoms with Gasteiger partial charge in [0.1, 0.15) is 0 Å². The van der Waals surface area contributed by atoms with E-state index in [0.717, 1.165) is 4.31 Å². The van der Waals surface area contributed by atoms with Gasteiger partial charge in [-0.3, -0.25) is 4.79 Å². The van der Waals surface area contributed by atoms with Gasteiger partial charge in [-0.05, 0) is 24.6 Å². The number of nitrogens with two attached hydrogens (primary N) is 1. The van der Waals surface area contributed by atoms with Crippen molar-refractivity contribution >= 4 is 28.3 Å². The number of rotatable bonds is 7. The third-order valence-corrected chi connectivity index (χ3v) is 4.73. The number of sulfonamides is 1. The summed E-state index contributed by atoms with van der Waals surface area (Å²) in [5.41, 5.74) is 5.91. The molecule has 8 heteroatoms. The van der Waals surface area contributed by atoms with Crippen LogP contribution in [-0.2, 0) is 21.4 Å². The molecule has 120 valence electrons. The van der Waals surface area contributed by atoms with Gasteiger partial charge in [-0.1, -0.05) is 18.2 Å². The van der Waals surface area contributed by atoms with Crippen LogP contribution < -0.4 is 11.1 Å². The minimum Gasteiger partial charge on any atom is -0.352 e. The molecule has 0 saturated carbocycles. The Morgan fingerprint density at radius 2 is 1.90 bits per heavy atom. The van der Waals surface area contributed by atoms with E-state index in [2.05, 4.69) is 5.32 Å². The largest absolute Gasteiger partial charge is 0.352 e. The van der Waals surface area contributed by atoms with E-state index in [-0.39, 0.29) is 29.8 Å². The number of halogens is 1. The van der Waals surface area contributed by atoms with Gasteiger partial charge in [0.05, 0.1) is 4.90 Å². The molecule has 3 N–H and O–H groups in total. The number of hydrogen-bond acceptors (Lipinski definition) is 4. The molecule has 0 aliphatic carbocycles. The fourth-order valence-electron chi connectivity index (χ4n) is 1.64. The number of hydrogen-bond donors (Lipinski definition) is 2. The van der Waals surface area contributed by atoms with Crippen molar-refractivity contribution in [1.82, 2.24) is 9.62 Å². The topological polar surface area (TPSA) is 92.5 Å². The number of amides is 1. The smallest absolute Gasteiger partial charge is 0.242 e. The third kappa shape index (κ3) is 5.62. The van der Waals surface area contributed by atoms with Gasteiger partial charge in [-0.25, -0.2) is 12.7 Å². The van der Waals surface area contributed by atoms with Crippen molar-refractivity contribution in [2.45, 2.75) is 24.3 Å². The van der Waals surface area contributed by atoms with Crippen molar-refractivity contribution in [2.75, 3.05) is 20.6 Å². The molecule has 21 heavy (non-hydrogen) atoms. The lowest BCUT2D eigenvalue weighted by molar-refractivity contribution is -0.121. The van der Waals surface area contributed by atoms with Crippen molar-refractivity contribution in [3.8, 4) is 0 Å². The minimum absolute atomic E-state index is 0. The molecular weight excluding hydrogens is 314 g/mol. The Morgan fingerprint density at radius 1 is 1.29 bits per heavy atom. The second-order valence-corrected chi connectivity index (χ2v) is 6.68. The molecule has 0 saturated heterocycles. The van der Waals surface area contributed by atoms with Crippen LogP contribution in [0.5, 0.6) is 0 Å². The first-order chi connectivity index (χ1) is 9.39. The quantitative estimate of drug-likeness (QED) is 0.767. The summed E-state index contributed by atoms with van der Waals surface area (Å²) in [6.45, 7) is 0.645. The molecule has 0 atom stereocenters.